The second-order valence-corrected chi connectivity index (χ2v) is 6.21. The SMILES string of the molecule is CCC1CCCCC1OCc1ccc(CNC(C)C)o1. The van der Waals surface area contributed by atoms with Crippen molar-refractivity contribution in [2.24, 2.45) is 5.92 Å². The molecule has 1 aliphatic rings. The molecule has 20 heavy (non-hydrogen) atoms. The van der Waals surface area contributed by atoms with Gasteiger partial charge in [0, 0.05) is 6.04 Å². The average Bonchev–Trinajstić information content (AvgIpc) is 2.91. The minimum Gasteiger partial charge on any atom is -0.462 e. The molecule has 114 valence electrons. The fourth-order valence-electron chi connectivity index (χ4n) is 2.95. The highest BCUT2D eigenvalue weighted by Crippen LogP contribution is 2.29. The van der Waals surface area contributed by atoms with Crippen molar-refractivity contribution in [1.82, 2.24) is 5.32 Å². The van der Waals surface area contributed by atoms with Crippen molar-refractivity contribution in [3.8, 4) is 0 Å². The summed E-state index contributed by atoms with van der Waals surface area (Å²) in [4.78, 5) is 0. The quantitative estimate of drug-likeness (QED) is 0.809. The zero-order chi connectivity index (χ0) is 14.4. The normalized spacial score (nSPS) is 23.4. The van der Waals surface area contributed by atoms with Crippen molar-refractivity contribution in [2.45, 2.75) is 78.2 Å². The molecule has 2 unspecified atom stereocenters. The zero-order valence-electron chi connectivity index (χ0n) is 13.2. The maximum Gasteiger partial charge on any atom is 0.129 e. The van der Waals surface area contributed by atoms with Gasteiger partial charge in [-0.25, -0.2) is 0 Å². The lowest BCUT2D eigenvalue weighted by Crippen LogP contribution is -2.27. The van der Waals surface area contributed by atoms with Gasteiger partial charge in [0.1, 0.15) is 18.1 Å². The van der Waals surface area contributed by atoms with Crippen LogP contribution in [-0.2, 0) is 17.9 Å². The molecule has 1 fully saturated rings. The lowest BCUT2D eigenvalue weighted by Gasteiger charge is -2.30. The molecule has 1 saturated carbocycles. The van der Waals surface area contributed by atoms with Gasteiger partial charge in [-0.1, -0.05) is 40.0 Å². The molecule has 1 aromatic rings. The molecule has 3 nitrogen and oxygen atoms in total. The van der Waals surface area contributed by atoms with Crippen LogP contribution in [0, 0.1) is 5.92 Å². The Morgan fingerprint density at radius 3 is 2.75 bits per heavy atom. The molecule has 1 heterocycles. The van der Waals surface area contributed by atoms with E-state index in [1.807, 2.05) is 12.1 Å². The summed E-state index contributed by atoms with van der Waals surface area (Å²) in [5.41, 5.74) is 0. The topological polar surface area (TPSA) is 34.4 Å². The van der Waals surface area contributed by atoms with Gasteiger partial charge < -0.3 is 14.5 Å². The molecule has 0 aliphatic heterocycles. The Bertz CT molecular complexity index is 386. The summed E-state index contributed by atoms with van der Waals surface area (Å²) in [6.45, 7) is 7.96. The van der Waals surface area contributed by atoms with Crippen LogP contribution in [-0.4, -0.2) is 12.1 Å². The summed E-state index contributed by atoms with van der Waals surface area (Å²) in [5.74, 6) is 2.68. The van der Waals surface area contributed by atoms with Crippen molar-refractivity contribution in [2.75, 3.05) is 0 Å². The molecule has 1 aromatic heterocycles. The van der Waals surface area contributed by atoms with Crippen LogP contribution in [0.5, 0.6) is 0 Å². The van der Waals surface area contributed by atoms with Crippen molar-refractivity contribution in [3.05, 3.63) is 23.7 Å². The first-order chi connectivity index (χ1) is 9.69. The lowest BCUT2D eigenvalue weighted by molar-refractivity contribution is -0.0286. The first-order valence-corrected chi connectivity index (χ1v) is 8.11. The summed E-state index contributed by atoms with van der Waals surface area (Å²) in [5, 5.41) is 3.36. The zero-order valence-corrected chi connectivity index (χ0v) is 13.2. The van der Waals surface area contributed by atoms with Gasteiger partial charge in [0.2, 0.25) is 0 Å². The van der Waals surface area contributed by atoms with E-state index >= 15 is 0 Å². The number of nitrogens with one attached hydrogen (secondary N) is 1. The fraction of sp³-hybridized carbons (Fsp3) is 0.765. The molecular formula is C17H29NO2. The van der Waals surface area contributed by atoms with Crippen LogP contribution in [0.3, 0.4) is 0 Å². The molecule has 3 heteroatoms. The highest BCUT2D eigenvalue weighted by atomic mass is 16.5. The van der Waals surface area contributed by atoms with E-state index in [1.165, 1.54) is 32.1 Å². The molecule has 0 aromatic carbocycles. The van der Waals surface area contributed by atoms with Gasteiger partial charge in [0.15, 0.2) is 0 Å². The van der Waals surface area contributed by atoms with E-state index in [4.69, 9.17) is 9.15 Å². The highest BCUT2D eigenvalue weighted by Gasteiger charge is 2.24. The van der Waals surface area contributed by atoms with Crippen LogP contribution < -0.4 is 5.32 Å². The van der Waals surface area contributed by atoms with Crippen LogP contribution in [0.1, 0.15) is 64.4 Å². The molecule has 2 atom stereocenters. The number of hydrogen-bond acceptors (Lipinski definition) is 3. The third-order valence-electron chi connectivity index (χ3n) is 4.21. The number of hydrogen-bond donors (Lipinski definition) is 1. The minimum atomic E-state index is 0.427. The van der Waals surface area contributed by atoms with Crippen LogP contribution in [0.2, 0.25) is 0 Å². The molecule has 2 rings (SSSR count). The smallest absolute Gasteiger partial charge is 0.129 e. The number of furan rings is 1. The van der Waals surface area contributed by atoms with E-state index in [0.717, 1.165) is 24.0 Å². The maximum atomic E-state index is 6.10. The summed E-state index contributed by atoms with van der Waals surface area (Å²) >= 11 is 0. The molecule has 1 aliphatic carbocycles. The predicted molar refractivity (Wildman–Crippen MR) is 81.5 cm³/mol. The van der Waals surface area contributed by atoms with Crippen molar-refractivity contribution in [3.63, 3.8) is 0 Å². The van der Waals surface area contributed by atoms with Gasteiger partial charge >= 0.3 is 0 Å². The standard InChI is InChI=1S/C17H29NO2/c1-4-14-7-5-6-8-17(14)19-12-16-10-9-15(20-16)11-18-13(2)3/h9-10,13-14,17-18H,4-8,11-12H2,1-3H3. The van der Waals surface area contributed by atoms with Gasteiger partial charge in [0.05, 0.1) is 12.6 Å². The minimum absolute atomic E-state index is 0.427. The predicted octanol–water partition coefficient (Wildman–Crippen LogP) is 4.26. The lowest BCUT2D eigenvalue weighted by atomic mass is 9.85. The van der Waals surface area contributed by atoms with Crippen LogP contribution in [0.15, 0.2) is 16.5 Å². The summed E-state index contributed by atoms with van der Waals surface area (Å²) in [6, 6.07) is 4.57. The van der Waals surface area contributed by atoms with Gasteiger partial charge in [-0.05, 0) is 30.9 Å². The van der Waals surface area contributed by atoms with Gasteiger partial charge in [-0.15, -0.1) is 0 Å². The fourth-order valence-corrected chi connectivity index (χ4v) is 2.95. The molecular weight excluding hydrogens is 250 g/mol. The second kappa shape index (κ2) is 7.84. The van der Waals surface area contributed by atoms with E-state index in [1.54, 1.807) is 0 Å². The Balaban J connectivity index is 1.78. The second-order valence-electron chi connectivity index (χ2n) is 6.21. The van der Waals surface area contributed by atoms with Gasteiger partial charge in [-0.3, -0.25) is 0 Å². The van der Waals surface area contributed by atoms with Crippen molar-refractivity contribution >= 4 is 0 Å². The maximum absolute atomic E-state index is 6.10. The Kier molecular flexibility index (Phi) is 6.11. The molecule has 0 amide bonds. The van der Waals surface area contributed by atoms with E-state index in [2.05, 4.69) is 26.1 Å². The summed E-state index contributed by atoms with van der Waals surface area (Å²) in [6.07, 6.45) is 6.86. The van der Waals surface area contributed by atoms with E-state index in [9.17, 15) is 0 Å². The Hall–Kier alpha value is -0.800. The highest BCUT2D eigenvalue weighted by molar-refractivity contribution is 5.06. The Morgan fingerprint density at radius 2 is 2.00 bits per heavy atom. The first kappa shape index (κ1) is 15.6. The molecule has 0 saturated heterocycles. The molecule has 0 radical (unpaired) electrons. The van der Waals surface area contributed by atoms with Crippen LogP contribution in [0.4, 0.5) is 0 Å². The van der Waals surface area contributed by atoms with E-state index in [0.29, 0.717) is 18.8 Å². The third kappa shape index (κ3) is 4.64. The molecule has 0 bridgehead atoms. The number of ether oxygens (including phenoxy) is 1. The summed E-state index contributed by atoms with van der Waals surface area (Å²) < 4.78 is 11.9. The Morgan fingerprint density at radius 1 is 1.25 bits per heavy atom. The Labute approximate surface area is 123 Å². The van der Waals surface area contributed by atoms with Crippen molar-refractivity contribution in [1.29, 1.82) is 0 Å². The van der Waals surface area contributed by atoms with Crippen LogP contribution in [0.25, 0.3) is 0 Å². The van der Waals surface area contributed by atoms with Crippen LogP contribution >= 0.6 is 0 Å². The average molecular weight is 279 g/mol. The van der Waals surface area contributed by atoms with E-state index < -0.39 is 0 Å². The monoisotopic (exact) mass is 279 g/mol. The van der Waals surface area contributed by atoms with Gasteiger partial charge in [0.25, 0.3) is 0 Å². The first-order valence-electron chi connectivity index (χ1n) is 8.11. The van der Waals surface area contributed by atoms with E-state index in [-0.39, 0.29) is 0 Å². The number of rotatable bonds is 7. The molecule has 1 N–H and O–H groups in total. The van der Waals surface area contributed by atoms with Crippen molar-refractivity contribution < 1.29 is 9.15 Å². The third-order valence-corrected chi connectivity index (χ3v) is 4.21. The van der Waals surface area contributed by atoms with Gasteiger partial charge in [-0.2, -0.15) is 0 Å². The largest absolute Gasteiger partial charge is 0.462 e. The summed E-state index contributed by atoms with van der Waals surface area (Å²) in [7, 11) is 0. The molecule has 0 spiro atoms.